The number of hydrogen-bond donors (Lipinski definition) is 0. The highest BCUT2D eigenvalue weighted by Gasteiger charge is 2.26. The van der Waals surface area contributed by atoms with Crippen molar-refractivity contribution in [1.29, 1.82) is 0 Å². The molecule has 0 unspecified atom stereocenters. The minimum absolute atomic E-state index is 0.0614. The maximum atomic E-state index is 12.3. The molecule has 0 saturated heterocycles. The summed E-state index contributed by atoms with van der Waals surface area (Å²) in [6, 6.07) is 10.2. The number of anilines is 1. The molecule has 0 bridgehead atoms. The molecule has 1 aromatic heterocycles. The van der Waals surface area contributed by atoms with E-state index in [0.717, 1.165) is 4.88 Å². The Hall–Kier alpha value is -1.99. The van der Waals surface area contributed by atoms with Crippen molar-refractivity contribution in [2.45, 2.75) is 11.8 Å². The maximum Gasteiger partial charge on any atom is 0.285 e. The SMILES string of the molecule is Cc1ccc(C(=O)CN2C=NS(=O)(=O)c3ccccc32)s1. The van der Waals surface area contributed by atoms with Crippen LogP contribution in [-0.4, -0.2) is 27.1 Å². The van der Waals surface area contributed by atoms with Crippen LogP contribution in [0, 0.1) is 6.92 Å². The van der Waals surface area contributed by atoms with Crippen molar-refractivity contribution in [1.82, 2.24) is 0 Å². The van der Waals surface area contributed by atoms with E-state index < -0.39 is 10.0 Å². The van der Waals surface area contributed by atoms with Gasteiger partial charge in [0.2, 0.25) is 0 Å². The Bertz CT molecular complexity index is 837. The van der Waals surface area contributed by atoms with Gasteiger partial charge >= 0.3 is 0 Å². The third-order valence-corrected chi connectivity index (χ3v) is 5.42. The topological polar surface area (TPSA) is 66.8 Å². The molecular formula is C14H12N2O3S2. The number of hydrogen-bond acceptors (Lipinski definition) is 5. The molecule has 2 heterocycles. The summed E-state index contributed by atoms with van der Waals surface area (Å²) in [5.41, 5.74) is 0.481. The number of Topliss-reactive ketones (excluding diaryl/α,β-unsaturated/α-hetero) is 1. The Labute approximate surface area is 126 Å². The molecular weight excluding hydrogens is 308 g/mol. The lowest BCUT2D eigenvalue weighted by atomic mass is 10.2. The zero-order valence-corrected chi connectivity index (χ0v) is 12.8. The number of ketones is 1. The van der Waals surface area contributed by atoms with Crippen molar-refractivity contribution in [3.05, 3.63) is 46.2 Å². The van der Waals surface area contributed by atoms with Gasteiger partial charge in [-0.05, 0) is 31.2 Å². The van der Waals surface area contributed by atoms with E-state index in [0.29, 0.717) is 10.6 Å². The second-order valence-electron chi connectivity index (χ2n) is 4.63. The van der Waals surface area contributed by atoms with E-state index in [-0.39, 0.29) is 17.2 Å². The molecule has 1 aliphatic rings. The maximum absolute atomic E-state index is 12.3. The van der Waals surface area contributed by atoms with E-state index in [2.05, 4.69) is 4.40 Å². The Kier molecular flexibility index (Phi) is 3.38. The fraction of sp³-hybridized carbons (Fsp3) is 0.143. The Balaban J connectivity index is 1.92. The molecule has 0 N–H and O–H groups in total. The van der Waals surface area contributed by atoms with Gasteiger partial charge in [0.15, 0.2) is 5.78 Å². The molecule has 0 fully saturated rings. The van der Waals surface area contributed by atoms with Crippen molar-refractivity contribution in [2.24, 2.45) is 4.40 Å². The van der Waals surface area contributed by atoms with Crippen molar-refractivity contribution in [2.75, 3.05) is 11.4 Å². The third-order valence-electron chi connectivity index (χ3n) is 3.11. The monoisotopic (exact) mass is 320 g/mol. The van der Waals surface area contributed by atoms with Crippen LogP contribution >= 0.6 is 11.3 Å². The number of thiophene rings is 1. The molecule has 1 aliphatic heterocycles. The first-order chi connectivity index (χ1) is 9.97. The molecule has 5 nitrogen and oxygen atoms in total. The van der Waals surface area contributed by atoms with Gasteiger partial charge in [0.25, 0.3) is 10.0 Å². The second kappa shape index (κ2) is 5.09. The number of carbonyl (C=O) groups excluding carboxylic acids is 1. The fourth-order valence-electron chi connectivity index (χ4n) is 2.09. The van der Waals surface area contributed by atoms with Gasteiger partial charge in [-0.15, -0.1) is 15.7 Å². The lowest BCUT2D eigenvalue weighted by Gasteiger charge is -2.24. The quantitative estimate of drug-likeness (QED) is 0.815. The van der Waals surface area contributed by atoms with Crippen LogP contribution in [0.15, 0.2) is 45.7 Å². The summed E-state index contributed by atoms with van der Waals surface area (Å²) in [5, 5.41) is 0. The summed E-state index contributed by atoms with van der Waals surface area (Å²) < 4.78 is 27.3. The van der Waals surface area contributed by atoms with Crippen molar-refractivity contribution in [3.8, 4) is 0 Å². The highest BCUT2D eigenvalue weighted by Crippen LogP contribution is 2.29. The van der Waals surface area contributed by atoms with Crippen LogP contribution in [0.3, 0.4) is 0 Å². The van der Waals surface area contributed by atoms with E-state index in [1.54, 1.807) is 29.2 Å². The first kappa shape index (κ1) is 14.0. The van der Waals surface area contributed by atoms with Crippen LogP contribution in [0.5, 0.6) is 0 Å². The predicted octanol–water partition coefficient (Wildman–Crippen LogP) is 2.48. The fourth-order valence-corrected chi connectivity index (χ4v) is 3.94. The van der Waals surface area contributed by atoms with Crippen molar-refractivity contribution in [3.63, 3.8) is 0 Å². The highest BCUT2D eigenvalue weighted by atomic mass is 32.2. The molecule has 7 heteroatoms. The van der Waals surface area contributed by atoms with Crippen LogP contribution < -0.4 is 4.90 Å². The predicted molar refractivity (Wildman–Crippen MR) is 82.9 cm³/mol. The minimum Gasteiger partial charge on any atom is -0.323 e. The van der Waals surface area contributed by atoms with E-state index in [1.165, 1.54) is 23.7 Å². The molecule has 108 valence electrons. The molecule has 2 aromatic rings. The summed E-state index contributed by atoms with van der Waals surface area (Å²) in [5.74, 6) is -0.0614. The van der Waals surface area contributed by atoms with Crippen LogP contribution in [-0.2, 0) is 10.0 Å². The van der Waals surface area contributed by atoms with Crippen LogP contribution in [0.4, 0.5) is 5.69 Å². The van der Waals surface area contributed by atoms with E-state index >= 15 is 0 Å². The van der Waals surface area contributed by atoms with Gasteiger partial charge in [0.05, 0.1) is 17.1 Å². The van der Waals surface area contributed by atoms with E-state index in [4.69, 9.17) is 0 Å². The lowest BCUT2D eigenvalue weighted by molar-refractivity contribution is 0.101. The summed E-state index contributed by atoms with van der Waals surface area (Å²) in [4.78, 5) is 15.7. The van der Waals surface area contributed by atoms with E-state index in [9.17, 15) is 13.2 Å². The molecule has 0 atom stereocenters. The molecule has 0 spiro atoms. The number of para-hydroxylation sites is 1. The first-order valence-corrected chi connectivity index (χ1v) is 8.49. The normalized spacial score (nSPS) is 15.8. The van der Waals surface area contributed by atoms with Crippen LogP contribution in [0.2, 0.25) is 0 Å². The Morgan fingerprint density at radius 3 is 2.71 bits per heavy atom. The molecule has 0 saturated carbocycles. The van der Waals surface area contributed by atoms with Gasteiger partial charge in [-0.3, -0.25) is 4.79 Å². The van der Waals surface area contributed by atoms with Crippen molar-refractivity contribution >= 4 is 39.2 Å². The number of carbonyl (C=O) groups is 1. The van der Waals surface area contributed by atoms with Gasteiger partial charge in [-0.1, -0.05) is 12.1 Å². The average molecular weight is 320 g/mol. The summed E-state index contributed by atoms with van der Waals surface area (Å²) >= 11 is 1.43. The number of fused-ring (bicyclic) bond motifs is 1. The Morgan fingerprint density at radius 1 is 1.24 bits per heavy atom. The lowest BCUT2D eigenvalue weighted by Crippen LogP contribution is -2.32. The van der Waals surface area contributed by atoms with Gasteiger partial charge < -0.3 is 4.90 Å². The minimum atomic E-state index is -3.65. The number of sulfonamides is 1. The Morgan fingerprint density at radius 2 is 2.00 bits per heavy atom. The summed E-state index contributed by atoms with van der Waals surface area (Å²) in [7, 11) is -3.65. The van der Waals surface area contributed by atoms with Gasteiger partial charge in [0.1, 0.15) is 11.2 Å². The number of nitrogens with zero attached hydrogens (tertiary/aromatic N) is 2. The second-order valence-corrected chi connectivity index (χ2v) is 7.51. The molecule has 0 amide bonds. The number of benzene rings is 1. The third kappa shape index (κ3) is 2.62. The zero-order valence-electron chi connectivity index (χ0n) is 11.2. The summed E-state index contributed by atoms with van der Waals surface area (Å²) in [6.07, 6.45) is 1.20. The van der Waals surface area contributed by atoms with Crippen LogP contribution in [0.1, 0.15) is 14.5 Å². The van der Waals surface area contributed by atoms with Crippen molar-refractivity contribution < 1.29 is 13.2 Å². The summed E-state index contributed by atoms with van der Waals surface area (Å²) in [6.45, 7) is 2.00. The van der Waals surface area contributed by atoms with Crippen LogP contribution in [0.25, 0.3) is 0 Å². The molecule has 0 aliphatic carbocycles. The first-order valence-electron chi connectivity index (χ1n) is 6.23. The number of rotatable bonds is 3. The average Bonchev–Trinajstić information content (AvgIpc) is 2.89. The molecule has 3 rings (SSSR count). The zero-order chi connectivity index (χ0) is 15.0. The number of aryl methyl sites for hydroxylation is 1. The highest BCUT2D eigenvalue weighted by molar-refractivity contribution is 7.90. The standard InChI is InChI=1S/C14H12N2O3S2/c1-10-6-7-13(20-10)12(17)8-16-9-15-21(18,19)14-5-3-2-4-11(14)16/h2-7,9H,8H2,1H3. The van der Waals surface area contributed by atoms with E-state index in [1.807, 2.05) is 13.0 Å². The van der Waals surface area contributed by atoms with Gasteiger partial charge in [-0.2, -0.15) is 8.42 Å². The smallest absolute Gasteiger partial charge is 0.285 e. The van der Waals surface area contributed by atoms with Gasteiger partial charge in [0, 0.05) is 4.88 Å². The van der Waals surface area contributed by atoms with Gasteiger partial charge in [-0.25, -0.2) is 0 Å². The largest absolute Gasteiger partial charge is 0.323 e. The molecule has 0 radical (unpaired) electrons. The molecule has 21 heavy (non-hydrogen) atoms. The molecule has 1 aromatic carbocycles.